The topological polar surface area (TPSA) is 38.7 Å². The minimum Gasteiger partial charge on any atom is -0.378 e. The lowest BCUT2D eigenvalue weighted by Gasteiger charge is -2.62. The van der Waals surface area contributed by atoms with Crippen LogP contribution in [0.4, 0.5) is 0 Å². The van der Waals surface area contributed by atoms with E-state index in [1.54, 1.807) is 0 Å². The first-order chi connectivity index (χ1) is 13.2. The van der Waals surface area contributed by atoms with Gasteiger partial charge in [-0.15, -0.1) is 6.42 Å². The lowest BCUT2D eigenvalue weighted by molar-refractivity contribution is -0.219. The molecule has 5 rings (SSSR count). The maximum absolute atomic E-state index is 10.7. The molecule has 0 bridgehead atoms. The molecule has 3 nitrogen and oxygen atoms in total. The summed E-state index contributed by atoms with van der Waals surface area (Å²) in [5.41, 5.74) is -0.155. The first-order valence-corrected chi connectivity index (χ1v) is 11.7. The van der Waals surface area contributed by atoms with Gasteiger partial charge in [-0.1, -0.05) is 19.8 Å². The highest BCUT2D eigenvalue weighted by Gasteiger charge is 2.64. The Hall–Kier alpha value is -0.560. The van der Waals surface area contributed by atoms with E-state index in [0.29, 0.717) is 22.7 Å². The van der Waals surface area contributed by atoms with Crippen LogP contribution in [0.3, 0.4) is 0 Å². The van der Waals surface area contributed by atoms with Gasteiger partial charge in [0.25, 0.3) is 0 Å². The number of ether oxygens (including phenoxy) is 2. The molecule has 5 fully saturated rings. The molecule has 3 heteroatoms. The first kappa shape index (κ1) is 19.4. The Balaban J connectivity index is 1.40. The molecule has 0 aromatic carbocycles. The Kier molecular flexibility index (Phi) is 4.31. The minimum atomic E-state index is -0.857. The molecule has 8 atom stereocenters. The van der Waals surface area contributed by atoms with Crippen molar-refractivity contribution in [1.82, 2.24) is 0 Å². The predicted octanol–water partition coefficient (Wildman–Crippen LogP) is 4.77. The lowest BCUT2D eigenvalue weighted by atomic mass is 9.43. The van der Waals surface area contributed by atoms with Gasteiger partial charge >= 0.3 is 0 Å². The Morgan fingerprint density at radius 2 is 1.57 bits per heavy atom. The van der Waals surface area contributed by atoms with Gasteiger partial charge in [0.1, 0.15) is 5.60 Å². The molecular formula is C25H38O3. The molecule has 0 spiro atoms. The molecule has 156 valence electrons. The summed E-state index contributed by atoms with van der Waals surface area (Å²) >= 11 is 0. The van der Waals surface area contributed by atoms with Gasteiger partial charge in [0, 0.05) is 5.92 Å². The summed E-state index contributed by atoms with van der Waals surface area (Å²) < 4.78 is 12.3. The molecule has 0 aromatic heterocycles. The highest BCUT2D eigenvalue weighted by molar-refractivity contribution is 5.16. The van der Waals surface area contributed by atoms with Crippen LogP contribution in [0.25, 0.3) is 0 Å². The normalized spacial score (nSPS) is 55.0. The number of terminal acetylenes is 1. The average Bonchev–Trinajstić information content (AvgIpc) is 3.26. The fraction of sp³-hybridized carbons (Fsp3) is 0.920. The van der Waals surface area contributed by atoms with Gasteiger partial charge in [0.15, 0.2) is 5.79 Å². The zero-order valence-corrected chi connectivity index (χ0v) is 18.0. The molecule has 4 aliphatic carbocycles. The van der Waals surface area contributed by atoms with Crippen LogP contribution >= 0.6 is 0 Å². The SMILES string of the molecule is C#C[C@]1(O)CC[C@@]2(C)[C@H](CC[C@@H]3[C@@H]2CC[C@]2(C)[C@@H](C4(C)OCCO4)CC[C@@H]32)C1. The van der Waals surface area contributed by atoms with Crippen molar-refractivity contribution in [2.75, 3.05) is 13.2 Å². The standard InChI is InChI=1S/C25H38O3/c1-5-25(26)13-12-22(2)17(16-25)6-7-18-19-8-9-21(24(4)27-14-15-28-24)23(19,3)11-10-20(18)22/h1,17-21,26H,6-16H2,2-4H3/t17-,18+,19+,20+,21+,22+,23+,25+/m1/s1. The second-order valence-corrected chi connectivity index (χ2v) is 11.4. The van der Waals surface area contributed by atoms with Crippen LogP contribution in [0.1, 0.15) is 78.6 Å². The van der Waals surface area contributed by atoms with Crippen LogP contribution in [-0.2, 0) is 9.47 Å². The third-order valence-corrected chi connectivity index (χ3v) is 10.5. The predicted molar refractivity (Wildman–Crippen MR) is 109 cm³/mol. The zero-order valence-electron chi connectivity index (χ0n) is 18.0. The Morgan fingerprint density at radius 1 is 0.857 bits per heavy atom. The molecule has 1 heterocycles. The second kappa shape index (κ2) is 6.22. The highest BCUT2D eigenvalue weighted by Crippen LogP contribution is 2.69. The van der Waals surface area contributed by atoms with Crippen molar-refractivity contribution in [2.45, 2.75) is 89.9 Å². The fourth-order valence-electron chi connectivity index (χ4n) is 8.97. The fourth-order valence-corrected chi connectivity index (χ4v) is 8.97. The van der Waals surface area contributed by atoms with Crippen molar-refractivity contribution < 1.29 is 14.6 Å². The van der Waals surface area contributed by atoms with Crippen LogP contribution < -0.4 is 0 Å². The van der Waals surface area contributed by atoms with E-state index in [9.17, 15) is 5.11 Å². The average molecular weight is 387 g/mol. The Labute approximate surface area is 170 Å². The number of hydrogen-bond donors (Lipinski definition) is 1. The van der Waals surface area contributed by atoms with Crippen molar-refractivity contribution in [3.05, 3.63) is 0 Å². The number of aliphatic hydroxyl groups is 1. The van der Waals surface area contributed by atoms with Crippen molar-refractivity contribution in [2.24, 2.45) is 40.4 Å². The van der Waals surface area contributed by atoms with Crippen molar-refractivity contribution in [3.8, 4) is 12.3 Å². The van der Waals surface area contributed by atoms with Gasteiger partial charge < -0.3 is 14.6 Å². The van der Waals surface area contributed by atoms with Crippen molar-refractivity contribution in [3.63, 3.8) is 0 Å². The first-order valence-electron chi connectivity index (χ1n) is 11.7. The molecule has 1 N–H and O–H groups in total. The molecule has 1 aliphatic heterocycles. The Bertz CT molecular complexity index is 676. The third-order valence-electron chi connectivity index (χ3n) is 10.5. The Morgan fingerprint density at radius 3 is 2.29 bits per heavy atom. The van der Waals surface area contributed by atoms with E-state index in [1.807, 2.05) is 0 Å². The summed E-state index contributed by atoms with van der Waals surface area (Å²) in [6.45, 7) is 8.78. The van der Waals surface area contributed by atoms with E-state index in [4.69, 9.17) is 15.9 Å². The second-order valence-electron chi connectivity index (χ2n) is 11.4. The summed E-state index contributed by atoms with van der Waals surface area (Å²) in [6.07, 6.45) is 16.1. The van der Waals surface area contributed by atoms with Crippen LogP contribution in [0.15, 0.2) is 0 Å². The smallest absolute Gasteiger partial charge is 0.169 e. The number of fused-ring (bicyclic) bond motifs is 5. The molecule has 1 saturated heterocycles. The third kappa shape index (κ3) is 2.53. The summed E-state index contributed by atoms with van der Waals surface area (Å²) in [6, 6.07) is 0. The molecular weight excluding hydrogens is 348 g/mol. The zero-order chi connectivity index (χ0) is 19.8. The van der Waals surface area contributed by atoms with Crippen molar-refractivity contribution in [1.29, 1.82) is 0 Å². The molecule has 5 aliphatic rings. The lowest BCUT2D eigenvalue weighted by Crippen LogP contribution is -2.56. The van der Waals surface area contributed by atoms with E-state index in [0.717, 1.165) is 50.2 Å². The van der Waals surface area contributed by atoms with Crippen LogP contribution in [0.5, 0.6) is 0 Å². The van der Waals surface area contributed by atoms with E-state index in [1.165, 1.54) is 38.5 Å². The van der Waals surface area contributed by atoms with Gasteiger partial charge in [0.2, 0.25) is 0 Å². The summed E-state index contributed by atoms with van der Waals surface area (Å²) in [5.74, 6) is 5.88. The largest absolute Gasteiger partial charge is 0.378 e. The van der Waals surface area contributed by atoms with Crippen LogP contribution in [0, 0.1) is 52.8 Å². The van der Waals surface area contributed by atoms with Crippen LogP contribution in [-0.4, -0.2) is 29.7 Å². The molecule has 28 heavy (non-hydrogen) atoms. The number of rotatable bonds is 1. The summed E-state index contributed by atoms with van der Waals surface area (Å²) in [4.78, 5) is 0. The number of hydrogen-bond acceptors (Lipinski definition) is 3. The molecule has 0 amide bonds. The maximum atomic E-state index is 10.7. The van der Waals surface area contributed by atoms with Gasteiger partial charge in [-0.25, -0.2) is 0 Å². The monoisotopic (exact) mass is 386 g/mol. The van der Waals surface area contributed by atoms with E-state index < -0.39 is 5.60 Å². The molecule has 0 radical (unpaired) electrons. The van der Waals surface area contributed by atoms with Crippen LogP contribution in [0.2, 0.25) is 0 Å². The summed E-state index contributed by atoms with van der Waals surface area (Å²) in [7, 11) is 0. The summed E-state index contributed by atoms with van der Waals surface area (Å²) in [5, 5.41) is 10.7. The van der Waals surface area contributed by atoms with Gasteiger partial charge in [-0.2, -0.15) is 0 Å². The molecule has 0 unspecified atom stereocenters. The van der Waals surface area contributed by atoms with E-state index in [2.05, 4.69) is 26.7 Å². The van der Waals surface area contributed by atoms with Crippen molar-refractivity contribution >= 4 is 0 Å². The van der Waals surface area contributed by atoms with E-state index >= 15 is 0 Å². The minimum absolute atomic E-state index is 0.345. The molecule has 0 aromatic rings. The van der Waals surface area contributed by atoms with Gasteiger partial charge in [0.05, 0.1) is 13.2 Å². The highest BCUT2D eigenvalue weighted by atomic mass is 16.7. The molecule has 4 saturated carbocycles. The van der Waals surface area contributed by atoms with E-state index in [-0.39, 0.29) is 5.79 Å². The van der Waals surface area contributed by atoms with Gasteiger partial charge in [-0.05, 0) is 99.2 Å². The quantitative estimate of drug-likeness (QED) is 0.660. The van der Waals surface area contributed by atoms with Gasteiger partial charge in [-0.3, -0.25) is 0 Å². The maximum Gasteiger partial charge on any atom is 0.169 e.